The van der Waals surface area contributed by atoms with E-state index in [4.69, 9.17) is 35.4 Å². The number of nitrogens with zero attached hydrogens (tertiary/aromatic N) is 2. The molecule has 7 heteroatoms. The Hall–Kier alpha value is -2.08. The van der Waals surface area contributed by atoms with Crippen LogP contribution in [0.3, 0.4) is 0 Å². The summed E-state index contributed by atoms with van der Waals surface area (Å²) < 4.78 is 1.73. The Bertz CT molecular complexity index is 1060. The average Bonchev–Trinajstić information content (AvgIpc) is 2.92. The molecule has 0 amide bonds. The van der Waals surface area contributed by atoms with Gasteiger partial charge in [-0.15, -0.1) is 0 Å². The first kappa shape index (κ1) is 18.3. The van der Waals surface area contributed by atoms with Gasteiger partial charge in [-0.05, 0) is 29.7 Å². The van der Waals surface area contributed by atoms with Crippen molar-refractivity contribution in [2.24, 2.45) is 0 Å². The van der Waals surface area contributed by atoms with E-state index >= 15 is 0 Å². The van der Waals surface area contributed by atoms with Crippen LogP contribution in [0.5, 0.6) is 0 Å². The number of halogens is 2. The Kier molecular flexibility index (Phi) is 4.84. The number of benzene rings is 2. The van der Waals surface area contributed by atoms with Crippen LogP contribution in [0.4, 0.5) is 0 Å². The highest BCUT2D eigenvalue weighted by Crippen LogP contribution is 2.38. The highest BCUT2D eigenvalue weighted by molar-refractivity contribution is 7.80. The summed E-state index contributed by atoms with van der Waals surface area (Å²) in [6.07, 6.45) is 0.743. The molecule has 138 valence electrons. The van der Waals surface area contributed by atoms with Crippen LogP contribution in [-0.4, -0.2) is 32.1 Å². The fraction of sp³-hybridized carbons (Fsp3) is 0.200. The summed E-state index contributed by atoms with van der Waals surface area (Å²) in [5.41, 5.74) is 3.63. The Labute approximate surface area is 171 Å². The summed E-state index contributed by atoms with van der Waals surface area (Å²) in [7, 11) is 0. The highest BCUT2D eigenvalue weighted by Gasteiger charge is 2.30. The number of thiocarbonyl (C=S) groups is 1. The van der Waals surface area contributed by atoms with Crippen LogP contribution in [0.1, 0.15) is 16.8 Å². The largest absolute Gasteiger partial charge is 0.480 e. The van der Waals surface area contributed by atoms with E-state index in [9.17, 15) is 9.90 Å². The second kappa shape index (κ2) is 7.15. The van der Waals surface area contributed by atoms with Gasteiger partial charge in [0.1, 0.15) is 11.5 Å². The van der Waals surface area contributed by atoms with Crippen LogP contribution in [-0.2, 0) is 24.3 Å². The molecule has 1 aliphatic heterocycles. The molecule has 0 saturated heterocycles. The number of carboxylic acids is 1. The third-order valence-corrected chi connectivity index (χ3v) is 5.78. The van der Waals surface area contributed by atoms with Crippen LogP contribution in [0.2, 0.25) is 10.0 Å². The van der Waals surface area contributed by atoms with Gasteiger partial charge in [0.2, 0.25) is 0 Å². The van der Waals surface area contributed by atoms with Crippen molar-refractivity contribution < 1.29 is 9.90 Å². The maximum Gasteiger partial charge on any atom is 0.323 e. The van der Waals surface area contributed by atoms with Crippen molar-refractivity contribution >= 4 is 57.3 Å². The first-order valence-electron chi connectivity index (χ1n) is 8.51. The molecule has 0 saturated carbocycles. The van der Waals surface area contributed by atoms with E-state index in [0.29, 0.717) is 27.1 Å². The second-order valence-electron chi connectivity index (χ2n) is 6.55. The lowest BCUT2D eigenvalue weighted by molar-refractivity contribution is -0.137. The van der Waals surface area contributed by atoms with Crippen LogP contribution < -0.4 is 0 Å². The van der Waals surface area contributed by atoms with E-state index < -0.39 is 5.97 Å². The number of carbonyl (C=O) groups is 1. The van der Waals surface area contributed by atoms with E-state index in [-0.39, 0.29) is 6.54 Å². The van der Waals surface area contributed by atoms with Gasteiger partial charge in [-0.1, -0.05) is 65.8 Å². The Balaban J connectivity index is 1.84. The zero-order valence-electron chi connectivity index (χ0n) is 14.3. The maximum atomic E-state index is 11.5. The molecule has 1 aromatic heterocycles. The van der Waals surface area contributed by atoms with Crippen molar-refractivity contribution in [3.63, 3.8) is 0 Å². The Morgan fingerprint density at radius 3 is 2.63 bits per heavy atom. The maximum absolute atomic E-state index is 11.5. The van der Waals surface area contributed by atoms with E-state index in [1.165, 1.54) is 0 Å². The quantitative estimate of drug-likeness (QED) is 0.619. The molecule has 0 fully saturated rings. The van der Waals surface area contributed by atoms with Gasteiger partial charge in [-0.25, -0.2) is 0 Å². The lowest BCUT2D eigenvalue weighted by atomic mass is 10.0. The number of aromatic nitrogens is 1. The molecule has 4 rings (SSSR count). The van der Waals surface area contributed by atoms with Crippen LogP contribution in [0, 0.1) is 0 Å². The molecule has 1 N–H and O–H groups in total. The average molecular weight is 419 g/mol. The van der Waals surface area contributed by atoms with Gasteiger partial charge < -0.3 is 14.6 Å². The molecule has 0 spiro atoms. The van der Waals surface area contributed by atoms with Gasteiger partial charge in [0.25, 0.3) is 0 Å². The van der Waals surface area contributed by atoms with Gasteiger partial charge in [0, 0.05) is 23.5 Å². The highest BCUT2D eigenvalue weighted by atomic mass is 35.5. The molecule has 2 heterocycles. The van der Waals surface area contributed by atoms with E-state index in [1.54, 1.807) is 16.7 Å². The number of carboxylic acid groups (broad SMARTS) is 1. The topological polar surface area (TPSA) is 45.5 Å². The summed E-state index contributed by atoms with van der Waals surface area (Å²) >= 11 is 18.4. The van der Waals surface area contributed by atoms with Crippen LogP contribution in [0.15, 0.2) is 42.5 Å². The third-order valence-electron chi connectivity index (χ3n) is 4.81. The minimum atomic E-state index is -0.936. The van der Waals surface area contributed by atoms with Crippen LogP contribution >= 0.6 is 35.4 Å². The molecule has 0 unspecified atom stereocenters. The van der Waals surface area contributed by atoms with Crippen molar-refractivity contribution in [2.75, 3.05) is 6.54 Å². The molecule has 0 bridgehead atoms. The summed E-state index contributed by atoms with van der Waals surface area (Å²) in [4.78, 5) is 14.3. The smallest absolute Gasteiger partial charge is 0.323 e. The molecule has 0 radical (unpaired) electrons. The van der Waals surface area contributed by atoms with Crippen molar-refractivity contribution in [3.8, 4) is 0 Å². The summed E-state index contributed by atoms with van der Waals surface area (Å²) in [6, 6.07) is 13.5. The summed E-state index contributed by atoms with van der Waals surface area (Å²) in [6.45, 7) is 1.25. The molecule has 4 nitrogen and oxygen atoms in total. The molecule has 3 aromatic rings. The number of hydrogen-bond acceptors (Lipinski definition) is 2. The first-order valence-corrected chi connectivity index (χ1v) is 9.67. The number of aliphatic carboxylic acids is 1. The zero-order chi connectivity index (χ0) is 19.1. The predicted octanol–water partition coefficient (Wildman–Crippen LogP) is 4.77. The number of fused-ring (bicyclic) bond motifs is 3. The van der Waals surface area contributed by atoms with Crippen molar-refractivity contribution in [3.05, 3.63) is 69.3 Å². The van der Waals surface area contributed by atoms with E-state index in [2.05, 4.69) is 17.0 Å². The molecule has 2 aromatic carbocycles. The molecular formula is C20H16Cl2N2O2S. The van der Waals surface area contributed by atoms with Gasteiger partial charge >= 0.3 is 5.97 Å². The molecule has 27 heavy (non-hydrogen) atoms. The Morgan fingerprint density at radius 2 is 1.93 bits per heavy atom. The third kappa shape index (κ3) is 3.31. The fourth-order valence-corrected chi connectivity index (χ4v) is 4.70. The fourth-order valence-electron chi connectivity index (χ4n) is 3.71. The first-order chi connectivity index (χ1) is 13.0. The lowest BCUT2D eigenvalue weighted by Gasteiger charge is -2.31. The minimum Gasteiger partial charge on any atom is -0.480 e. The molecule has 1 aliphatic rings. The van der Waals surface area contributed by atoms with Gasteiger partial charge in [0.05, 0.1) is 16.2 Å². The van der Waals surface area contributed by atoms with Crippen molar-refractivity contribution in [1.29, 1.82) is 0 Å². The van der Waals surface area contributed by atoms with Gasteiger partial charge in [-0.2, -0.15) is 0 Å². The van der Waals surface area contributed by atoms with E-state index in [0.717, 1.165) is 35.2 Å². The summed E-state index contributed by atoms with van der Waals surface area (Å²) in [5, 5.41) is 11.3. The zero-order valence-corrected chi connectivity index (χ0v) is 16.6. The molecule has 0 atom stereocenters. The Morgan fingerprint density at radius 1 is 1.19 bits per heavy atom. The van der Waals surface area contributed by atoms with Crippen molar-refractivity contribution in [2.45, 2.75) is 19.5 Å². The molecular weight excluding hydrogens is 403 g/mol. The minimum absolute atomic E-state index is 0.193. The molecule has 0 aliphatic carbocycles. The predicted molar refractivity (Wildman–Crippen MR) is 112 cm³/mol. The van der Waals surface area contributed by atoms with Crippen LogP contribution in [0.25, 0.3) is 10.9 Å². The van der Waals surface area contributed by atoms with Crippen molar-refractivity contribution in [1.82, 2.24) is 9.47 Å². The SMILES string of the molecule is O=C(O)Cn1c2c(c3c(Cl)cc(Cl)cc31)CCN(Cc1ccccc1)C2=S. The summed E-state index contributed by atoms with van der Waals surface area (Å²) in [5.74, 6) is -0.936. The monoisotopic (exact) mass is 418 g/mol. The standard InChI is InChI=1S/C20H16Cl2N2O2S/c21-13-8-15(22)18-14-6-7-23(10-12-4-2-1-3-5-12)20(27)19(14)24(11-17(25)26)16(18)9-13/h1-5,8-9H,6-7,10-11H2,(H,25,26). The number of rotatable bonds is 4. The van der Waals surface area contributed by atoms with Gasteiger partial charge in [0.15, 0.2) is 0 Å². The second-order valence-corrected chi connectivity index (χ2v) is 7.78. The number of hydrogen-bond donors (Lipinski definition) is 1. The lowest BCUT2D eigenvalue weighted by Crippen LogP contribution is -2.37. The normalized spacial score (nSPS) is 13.9. The van der Waals surface area contributed by atoms with E-state index in [1.807, 2.05) is 18.2 Å². The van der Waals surface area contributed by atoms with Gasteiger partial charge in [-0.3, -0.25) is 4.79 Å².